The van der Waals surface area contributed by atoms with Crippen LogP contribution in [0.1, 0.15) is 24.3 Å². The first-order valence-corrected chi connectivity index (χ1v) is 8.97. The Hall–Kier alpha value is -0.930. The van der Waals surface area contributed by atoms with Crippen molar-refractivity contribution in [1.82, 2.24) is 9.55 Å². The number of aliphatic hydroxyl groups is 1. The Morgan fingerprint density at radius 2 is 2.27 bits per heavy atom. The molecule has 124 valence electrons. The number of aromatic amines is 1. The summed E-state index contributed by atoms with van der Waals surface area (Å²) in [7, 11) is -5.11. The minimum absolute atomic E-state index is 0.176. The largest absolute Gasteiger partial charge is 0.510 e. The number of aryl methyl sites for hydroxylation is 1. The summed E-state index contributed by atoms with van der Waals surface area (Å²) in [5.74, 6) is 0. The molecule has 8 nitrogen and oxygen atoms in total. The molecule has 1 aliphatic rings. The van der Waals surface area contributed by atoms with Crippen molar-refractivity contribution in [1.29, 1.82) is 0 Å². The first-order valence-electron chi connectivity index (χ1n) is 6.56. The lowest BCUT2D eigenvalue weighted by Gasteiger charge is -2.14. The van der Waals surface area contributed by atoms with Gasteiger partial charge in [0.25, 0.3) is 5.56 Å². The van der Waals surface area contributed by atoms with Gasteiger partial charge in [0, 0.05) is 18.2 Å². The number of H-pyrrole nitrogens is 1. The van der Waals surface area contributed by atoms with Crippen molar-refractivity contribution in [2.24, 2.45) is 0 Å². The molecule has 0 radical (unpaired) electrons. The molecule has 22 heavy (non-hydrogen) atoms. The lowest BCUT2D eigenvalue weighted by molar-refractivity contribution is 0.134. The quantitative estimate of drug-likeness (QED) is 0.660. The Morgan fingerprint density at radius 3 is 2.86 bits per heavy atom. The van der Waals surface area contributed by atoms with Gasteiger partial charge in [-0.05, 0) is 6.42 Å². The maximum atomic E-state index is 12.5. The highest BCUT2D eigenvalue weighted by Gasteiger charge is 2.37. The van der Waals surface area contributed by atoms with Crippen LogP contribution >= 0.6 is 19.7 Å². The van der Waals surface area contributed by atoms with Crippen LogP contribution in [0, 0.1) is 0 Å². The van der Waals surface area contributed by atoms with Gasteiger partial charge in [-0.2, -0.15) is 0 Å². The summed E-state index contributed by atoms with van der Waals surface area (Å²) in [6.45, 7) is 1.32. The van der Waals surface area contributed by atoms with Crippen molar-refractivity contribution in [2.45, 2.75) is 36.5 Å². The second kappa shape index (κ2) is 6.67. The molecule has 1 aromatic heterocycles. The highest BCUT2D eigenvalue weighted by Crippen LogP contribution is 2.47. The number of nitrogens with zero attached hydrogens (tertiary/aromatic N) is 1. The lowest BCUT2D eigenvalue weighted by atomic mass is 10.2. The monoisotopic (exact) mass is 354 g/mol. The van der Waals surface area contributed by atoms with Crippen molar-refractivity contribution < 1.29 is 23.3 Å². The average Bonchev–Trinajstić information content (AvgIpc) is 2.77. The smallest absolute Gasteiger partial charge is 0.392 e. The fraction of sp³-hybridized carbons (Fsp3) is 0.636. The van der Waals surface area contributed by atoms with E-state index in [1.165, 1.54) is 10.8 Å². The first kappa shape index (κ1) is 17.4. The highest BCUT2D eigenvalue weighted by atomic mass is 32.2. The molecule has 0 aliphatic carbocycles. The van der Waals surface area contributed by atoms with Gasteiger partial charge in [0.2, 0.25) is 0 Å². The molecular weight excluding hydrogens is 338 g/mol. The van der Waals surface area contributed by atoms with E-state index in [4.69, 9.17) is 4.89 Å². The summed E-state index contributed by atoms with van der Waals surface area (Å²) >= 11 is 1.12. The zero-order chi connectivity index (χ0) is 16.5. The Balaban J connectivity index is 2.17. The van der Waals surface area contributed by atoms with E-state index in [9.17, 15) is 23.5 Å². The third-order valence-corrected chi connectivity index (χ3v) is 5.34. The average molecular weight is 354 g/mol. The second-order valence-electron chi connectivity index (χ2n) is 4.85. The second-order valence-corrected chi connectivity index (χ2v) is 7.44. The van der Waals surface area contributed by atoms with E-state index in [1.807, 2.05) is 0 Å². The predicted molar refractivity (Wildman–Crippen MR) is 78.6 cm³/mol. The van der Waals surface area contributed by atoms with Crippen LogP contribution in [0.3, 0.4) is 0 Å². The molecule has 0 amide bonds. The molecule has 0 spiro atoms. The van der Waals surface area contributed by atoms with Gasteiger partial charge in [-0.25, -0.2) is 9.36 Å². The zero-order valence-electron chi connectivity index (χ0n) is 11.6. The third-order valence-electron chi connectivity index (χ3n) is 3.33. The summed E-state index contributed by atoms with van der Waals surface area (Å²) in [4.78, 5) is 34.1. The maximum Gasteiger partial charge on any atom is 0.510 e. The normalized spacial score (nSPS) is 27.7. The van der Waals surface area contributed by atoms with Crippen molar-refractivity contribution in [3.05, 3.63) is 32.6 Å². The Morgan fingerprint density at radius 1 is 1.59 bits per heavy atom. The van der Waals surface area contributed by atoms with Crippen LogP contribution in [0.25, 0.3) is 0 Å². The van der Waals surface area contributed by atoms with E-state index in [-0.39, 0.29) is 6.42 Å². The van der Waals surface area contributed by atoms with Gasteiger partial charge < -0.3 is 5.11 Å². The van der Waals surface area contributed by atoms with Crippen molar-refractivity contribution in [2.75, 3.05) is 6.61 Å². The summed E-state index contributed by atoms with van der Waals surface area (Å²) in [5, 5.41) is 8.78. The van der Waals surface area contributed by atoms with Crippen molar-refractivity contribution in [3.63, 3.8) is 0 Å². The number of rotatable bonds is 5. The van der Waals surface area contributed by atoms with Crippen LogP contribution in [-0.4, -0.2) is 37.5 Å². The molecule has 3 N–H and O–H groups in total. The van der Waals surface area contributed by atoms with Crippen LogP contribution in [0.15, 0.2) is 15.8 Å². The molecule has 0 aromatic carbocycles. The molecule has 1 unspecified atom stereocenters. The van der Waals surface area contributed by atoms with Crippen LogP contribution in [0.4, 0.5) is 4.20 Å². The summed E-state index contributed by atoms with van der Waals surface area (Å²) < 4.78 is 28.5. The number of hydrogen-bond acceptors (Lipinski definition) is 6. The molecule has 0 saturated carbocycles. The topological polar surface area (TPSA) is 122 Å². The molecular formula is C11H16FN2O6PS. The van der Waals surface area contributed by atoms with Crippen LogP contribution in [0.2, 0.25) is 0 Å². The highest BCUT2D eigenvalue weighted by molar-refractivity contribution is 8.00. The fourth-order valence-electron chi connectivity index (χ4n) is 2.19. The molecule has 1 saturated heterocycles. The van der Waals surface area contributed by atoms with E-state index in [0.717, 1.165) is 11.8 Å². The van der Waals surface area contributed by atoms with E-state index >= 15 is 0 Å². The van der Waals surface area contributed by atoms with Crippen molar-refractivity contribution in [3.8, 4) is 0 Å². The number of hydrogen-bond donors (Lipinski definition) is 3. The van der Waals surface area contributed by atoms with E-state index in [2.05, 4.69) is 9.51 Å². The van der Waals surface area contributed by atoms with Crippen molar-refractivity contribution >= 4 is 19.7 Å². The molecule has 2 rings (SSSR count). The molecule has 4 atom stereocenters. The molecule has 2 heterocycles. The number of thioether (sulfide) groups is 1. The van der Waals surface area contributed by atoms with Gasteiger partial charge in [-0.3, -0.25) is 23.8 Å². The Bertz CT molecular complexity index is 701. The number of aliphatic hydroxyl groups excluding tert-OH is 1. The fourth-order valence-corrected chi connectivity index (χ4v) is 4.08. The van der Waals surface area contributed by atoms with E-state index < -0.39 is 42.5 Å². The number of aromatic nitrogens is 2. The minimum atomic E-state index is -5.11. The summed E-state index contributed by atoms with van der Waals surface area (Å²) in [6.07, 6.45) is 1.12. The van der Waals surface area contributed by atoms with E-state index in [0.29, 0.717) is 12.0 Å². The predicted octanol–water partition coefficient (Wildman–Crippen LogP) is 0.550. The molecule has 11 heteroatoms. The van der Waals surface area contributed by atoms with Gasteiger partial charge in [0.05, 0.1) is 23.3 Å². The number of nitrogens with one attached hydrogen (secondary N) is 1. The summed E-state index contributed by atoms with van der Waals surface area (Å²) in [6, 6.07) is 0. The number of halogens is 1. The standard InChI is InChI=1S/C11H16FN2O6PS/c1-2-6-4-14(11(17)13-10(6)16)9-3-7(15)8(22-9)5-20-21(12,18)19/h4,7-9,15H,2-3,5H2,1H3,(H,18,19)(H,13,16,17)/t7-,8+,9+/m0/s1. The SMILES string of the molecule is CCc1cn([C@H]2C[C@H](O)[C@@H](COP(=O)(O)F)S2)c(=O)[nH]c1=O. The first-order chi connectivity index (χ1) is 10.2. The molecule has 1 fully saturated rings. The van der Waals surface area contributed by atoms with Gasteiger partial charge >= 0.3 is 13.6 Å². The van der Waals surface area contributed by atoms with Crippen LogP contribution in [0.5, 0.6) is 0 Å². The maximum absolute atomic E-state index is 12.5. The van der Waals surface area contributed by atoms with Gasteiger partial charge in [-0.1, -0.05) is 6.92 Å². The third kappa shape index (κ3) is 4.08. The Kier molecular flexibility index (Phi) is 5.29. The van der Waals surface area contributed by atoms with Gasteiger partial charge in [-0.15, -0.1) is 16.0 Å². The van der Waals surface area contributed by atoms with Crippen LogP contribution in [-0.2, 0) is 15.5 Å². The molecule has 0 bridgehead atoms. The summed E-state index contributed by atoms with van der Waals surface area (Å²) in [5.41, 5.74) is -0.629. The van der Waals surface area contributed by atoms with Gasteiger partial charge in [0.15, 0.2) is 0 Å². The zero-order valence-corrected chi connectivity index (χ0v) is 13.3. The Labute approximate surface area is 129 Å². The van der Waals surface area contributed by atoms with E-state index in [1.54, 1.807) is 6.92 Å². The van der Waals surface area contributed by atoms with Crippen LogP contribution < -0.4 is 11.2 Å². The lowest BCUT2D eigenvalue weighted by Crippen LogP contribution is -2.32. The molecule has 1 aromatic rings. The molecule has 1 aliphatic heterocycles. The minimum Gasteiger partial charge on any atom is -0.392 e. The van der Waals surface area contributed by atoms with Gasteiger partial charge in [0.1, 0.15) is 0 Å².